The molecule has 0 aliphatic carbocycles. The van der Waals surface area contributed by atoms with Crippen LogP contribution in [0.3, 0.4) is 0 Å². The van der Waals surface area contributed by atoms with Crippen LogP contribution in [-0.2, 0) is 4.18 Å². The van der Waals surface area contributed by atoms with Crippen molar-refractivity contribution < 1.29 is 13.7 Å². The van der Waals surface area contributed by atoms with E-state index in [2.05, 4.69) is 59.5 Å². The van der Waals surface area contributed by atoms with Crippen molar-refractivity contribution in [3.05, 3.63) is 66.7 Å². The lowest BCUT2D eigenvalue weighted by molar-refractivity contribution is 0.401. The van der Waals surface area contributed by atoms with Gasteiger partial charge < -0.3 is 18.6 Å². The van der Waals surface area contributed by atoms with Crippen molar-refractivity contribution in [3.63, 3.8) is 0 Å². The molecule has 4 nitrogen and oxygen atoms in total. The summed E-state index contributed by atoms with van der Waals surface area (Å²) in [5.41, 5.74) is 2.26. The van der Waals surface area contributed by atoms with Crippen LogP contribution in [0.15, 0.2) is 71.6 Å². The van der Waals surface area contributed by atoms with Gasteiger partial charge in [-0.2, -0.15) is 0 Å². The highest BCUT2D eigenvalue weighted by Gasteiger charge is 2.23. The third-order valence-electron chi connectivity index (χ3n) is 6.01. The number of nitrogens with zero attached hydrogens (tertiary/aromatic N) is 1. The van der Waals surface area contributed by atoms with Gasteiger partial charge in [0.25, 0.3) is 0 Å². The molecule has 1 aromatic heterocycles. The molecule has 0 radical (unpaired) electrons. The van der Waals surface area contributed by atoms with Crippen LogP contribution in [0, 0.1) is 0 Å². The van der Waals surface area contributed by atoms with Gasteiger partial charge in [-0.05, 0) is 80.3 Å². The number of benzene rings is 3. The number of hydrogen-bond donors (Lipinski definition) is 0. The average Bonchev–Trinajstić information content (AvgIpc) is 3.26. The third-order valence-corrected chi connectivity index (χ3v) is 8.08. The molecule has 0 spiro atoms. The molecule has 1 fully saturated rings. The highest BCUT2D eigenvalue weighted by atomic mass is 32.2. The first-order chi connectivity index (χ1) is 16.8. The third kappa shape index (κ3) is 4.76. The summed E-state index contributed by atoms with van der Waals surface area (Å²) in [5, 5.41) is 1.13. The molecule has 0 bridgehead atoms. The molecule has 1 saturated heterocycles. The topological polar surface area (TPSA) is 30.9 Å². The number of para-hydroxylation sites is 1. The zero-order chi connectivity index (χ0) is 23.3. The Kier molecular flexibility index (Phi) is 7.28. The Morgan fingerprint density at radius 1 is 0.912 bits per heavy atom. The van der Waals surface area contributed by atoms with Gasteiger partial charge in [0.2, 0.25) is 0 Å². The van der Waals surface area contributed by atoms with E-state index in [0.29, 0.717) is 6.61 Å². The summed E-state index contributed by atoms with van der Waals surface area (Å²) in [6, 6.07) is 23.0. The van der Waals surface area contributed by atoms with Gasteiger partial charge >= 0.3 is 0 Å². The number of anilines is 1. The molecule has 0 unspecified atom stereocenters. The molecule has 34 heavy (non-hydrogen) atoms. The molecular formula is C28H29NO3S2. The molecule has 0 amide bonds. The summed E-state index contributed by atoms with van der Waals surface area (Å²) in [7, 11) is 1.69. The van der Waals surface area contributed by atoms with Crippen molar-refractivity contribution in [2.24, 2.45) is 0 Å². The molecule has 5 rings (SSSR count). The first-order valence-corrected chi connectivity index (χ1v) is 13.4. The van der Waals surface area contributed by atoms with Gasteiger partial charge in [0, 0.05) is 35.2 Å². The summed E-state index contributed by atoms with van der Waals surface area (Å²) in [4.78, 5) is 4.69. The van der Waals surface area contributed by atoms with Crippen LogP contribution in [0.25, 0.3) is 20.5 Å². The summed E-state index contributed by atoms with van der Waals surface area (Å²) < 4.78 is 19.2. The zero-order valence-corrected chi connectivity index (χ0v) is 21.2. The fourth-order valence-electron chi connectivity index (χ4n) is 4.37. The molecule has 0 saturated carbocycles. The number of hydrogen-bond acceptors (Lipinski definition) is 6. The molecule has 2 heterocycles. The van der Waals surface area contributed by atoms with Crippen molar-refractivity contribution in [3.8, 4) is 27.7 Å². The van der Waals surface area contributed by atoms with Crippen molar-refractivity contribution in [1.82, 2.24) is 0 Å². The quantitative estimate of drug-likeness (QED) is 0.231. The summed E-state index contributed by atoms with van der Waals surface area (Å²) in [6.07, 6.45) is 3.68. The van der Waals surface area contributed by atoms with E-state index in [1.165, 1.54) is 36.0 Å². The van der Waals surface area contributed by atoms with E-state index in [9.17, 15) is 0 Å². The van der Waals surface area contributed by atoms with Crippen LogP contribution >= 0.6 is 23.4 Å². The Morgan fingerprint density at radius 3 is 2.47 bits per heavy atom. The van der Waals surface area contributed by atoms with E-state index in [-0.39, 0.29) is 0 Å². The number of fused-ring (bicyclic) bond motifs is 1. The molecule has 0 N–H and O–H groups in total. The minimum absolute atomic E-state index is 0.659. The molecule has 1 aliphatic rings. The molecular weight excluding hydrogens is 462 g/mol. The van der Waals surface area contributed by atoms with Crippen LogP contribution in [0.2, 0.25) is 0 Å². The second kappa shape index (κ2) is 10.7. The van der Waals surface area contributed by atoms with E-state index >= 15 is 0 Å². The molecule has 0 atom stereocenters. The average molecular weight is 492 g/mol. The number of methoxy groups -OCH3 is 1. The second-order valence-corrected chi connectivity index (χ2v) is 10.1. The maximum Gasteiger partial charge on any atom is 0.153 e. The van der Waals surface area contributed by atoms with Crippen LogP contribution in [0.1, 0.15) is 26.2 Å². The lowest BCUT2D eigenvalue weighted by atomic mass is 10.1. The van der Waals surface area contributed by atoms with E-state index in [1.807, 2.05) is 19.1 Å². The molecule has 1 aliphatic heterocycles. The lowest BCUT2D eigenvalue weighted by Gasteiger charge is -2.31. The van der Waals surface area contributed by atoms with Crippen LogP contribution in [-0.4, -0.2) is 26.8 Å². The van der Waals surface area contributed by atoms with Gasteiger partial charge in [-0.1, -0.05) is 18.2 Å². The first kappa shape index (κ1) is 23.1. The maximum absolute atomic E-state index is 6.85. The highest BCUT2D eigenvalue weighted by Crippen LogP contribution is 2.49. The highest BCUT2D eigenvalue weighted by molar-refractivity contribution is 7.94. The van der Waals surface area contributed by atoms with Crippen LogP contribution in [0.4, 0.5) is 5.69 Å². The number of rotatable bonds is 8. The SMILES string of the molecule is CCOSc1cccc(Oc2c(-c3ccc(OC)cc3)sc3ccccc23)c1N1CCCCC1. The Labute approximate surface area is 209 Å². The van der Waals surface area contributed by atoms with Crippen molar-refractivity contribution in [2.45, 2.75) is 31.1 Å². The zero-order valence-electron chi connectivity index (χ0n) is 19.6. The van der Waals surface area contributed by atoms with Gasteiger partial charge in [0.05, 0.1) is 29.2 Å². The maximum atomic E-state index is 6.85. The van der Waals surface area contributed by atoms with Gasteiger partial charge in [0.15, 0.2) is 11.5 Å². The van der Waals surface area contributed by atoms with Crippen LogP contribution < -0.4 is 14.4 Å². The Balaban J connectivity index is 1.61. The van der Waals surface area contributed by atoms with Gasteiger partial charge in [-0.25, -0.2) is 0 Å². The predicted molar refractivity (Wildman–Crippen MR) is 144 cm³/mol. The standard InChI is InChI=1S/C28H29NO3S2/c1-3-31-34-25-13-9-11-23(26(25)29-18-7-4-8-19-29)32-27-22-10-5-6-12-24(22)33-28(27)20-14-16-21(30-2)17-15-20/h5-6,9-17H,3-4,7-8,18-19H2,1-2H3. The molecule has 4 aromatic rings. The van der Waals surface area contributed by atoms with Crippen molar-refractivity contribution in [2.75, 3.05) is 31.7 Å². The van der Waals surface area contributed by atoms with Crippen molar-refractivity contribution in [1.29, 1.82) is 0 Å². The molecule has 6 heteroatoms. The van der Waals surface area contributed by atoms with E-state index < -0.39 is 0 Å². The fourth-order valence-corrected chi connectivity index (χ4v) is 6.19. The minimum atomic E-state index is 0.659. The van der Waals surface area contributed by atoms with Crippen LogP contribution in [0.5, 0.6) is 17.2 Å². The summed E-state index contributed by atoms with van der Waals surface area (Å²) in [6.45, 7) is 4.75. The fraction of sp³-hybridized carbons (Fsp3) is 0.286. The Bertz CT molecular complexity index is 1250. The molecule has 176 valence electrons. The lowest BCUT2D eigenvalue weighted by Crippen LogP contribution is -2.30. The Morgan fingerprint density at radius 2 is 1.71 bits per heavy atom. The summed E-state index contributed by atoms with van der Waals surface area (Å²) >= 11 is 3.20. The van der Waals surface area contributed by atoms with E-state index in [4.69, 9.17) is 13.7 Å². The van der Waals surface area contributed by atoms with E-state index in [0.717, 1.165) is 56.7 Å². The summed E-state index contributed by atoms with van der Waals surface area (Å²) in [5.74, 6) is 2.63. The van der Waals surface area contributed by atoms with Gasteiger partial charge in [-0.15, -0.1) is 11.3 Å². The number of ether oxygens (including phenoxy) is 2. The first-order valence-electron chi connectivity index (χ1n) is 11.8. The number of piperidine rings is 1. The smallest absolute Gasteiger partial charge is 0.153 e. The largest absolute Gasteiger partial charge is 0.497 e. The van der Waals surface area contributed by atoms with E-state index in [1.54, 1.807) is 18.4 Å². The van der Waals surface area contributed by atoms with Gasteiger partial charge in [-0.3, -0.25) is 0 Å². The van der Waals surface area contributed by atoms with Gasteiger partial charge in [0.1, 0.15) is 5.75 Å². The molecule has 3 aromatic carbocycles. The Hall–Kier alpha value is -2.67. The minimum Gasteiger partial charge on any atom is -0.497 e. The normalized spacial score (nSPS) is 13.9. The second-order valence-electron chi connectivity index (χ2n) is 8.23. The predicted octanol–water partition coefficient (Wildman–Crippen LogP) is 8.40. The number of thiophene rings is 1. The monoisotopic (exact) mass is 491 g/mol. The van der Waals surface area contributed by atoms with Crippen molar-refractivity contribution >= 4 is 39.2 Å².